The number of halogens is 2. The van der Waals surface area contributed by atoms with Crippen molar-refractivity contribution in [1.29, 1.82) is 0 Å². The van der Waals surface area contributed by atoms with Crippen LogP contribution in [0, 0.1) is 5.82 Å². The summed E-state index contributed by atoms with van der Waals surface area (Å²) in [6, 6.07) is 11.0. The zero-order valence-electron chi connectivity index (χ0n) is 13.2. The Morgan fingerprint density at radius 2 is 1.84 bits per heavy atom. The third kappa shape index (κ3) is 3.73. The average Bonchev–Trinajstić information content (AvgIpc) is 3.00. The van der Waals surface area contributed by atoms with Gasteiger partial charge in [0, 0.05) is 19.4 Å². The maximum Gasteiger partial charge on any atom is 0.243 e. The van der Waals surface area contributed by atoms with Crippen molar-refractivity contribution in [3.8, 4) is 0 Å². The molecule has 2 aromatic carbocycles. The molecule has 8 heteroatoms. The number of imidazole rings is 1. The standard InChI is InChI=1S/C17H15ClFN3O2S/c1-22-11-10-20-17(22)16(12-6-8-13(19)9-7-12)21-25(23,24)15-5-3-2-4-14(15)18/h2-11,16,21H,1H3. The van der Waals surface area contributed by atoms with Crippen LogP contribution >= 0.6 is 11.6 Å². The monoisotopic (exact) mass is 379 g/mol. The van der Waals surface area contributed by atoms with Crippen LogP contribution in [0.5, 0.6) is 0 Å². The van der Waals surface area contributed by atoms with Crippen LogP contribution in [-0.2, 0) is 17.1 Å². The molecule has 1 aromatic heterocycles. The van der Waals surface area contributed by atoms with Gasteiger partial charge in [-0.25, -0.2) is 17.8 Å². The predicted octanol–water partition coefficient (Wildman–Crippen LogP) is 3.28. The Balaban J connectivity index is 2.05. The lowest BCUT2D eigenvalue weighted by molar-refractivity contribution is 0.562. The maximum absolute atomic E-state index is 13.3. The zero-order valence-corrected chi connectivity index (χ0v) is 14.8. The van der Waals surface area contributed by atoms with Crippen LogP contribution in [0.1, 0.15) is 17.4 Å². The minimum Gasteiger partial charge on any atom is -0.336 e. The van der Waals surface area contributed by atoms with E-state index in [4.69, 9.17) is 11.6 Å². The van der Waals surface area contributed by atoms with Crippen molar-refractivity contribution in [2.75, 3.05) is 0 Å². The van der Waals surface area contributed by atoms with Crippen LogP contribution in [-0.4, -0.2) is 18.0 Å². The summed E-state index contributed by atoms with van der Waals surface area (Å²) in [5.41, 5.74) is 0.561. The van der Waals surface area contributed by atoms with Crippen LogP contribution in [0.25, 0.3) is 0 Å². The van der Waals surface area contributed by atoms with E-state index in [9.17, 15) is 12.8 Å². The van der Waals surface area contributed by atoms with Gasteiger partial charge in [0.05, 0.1) is 5.02 Å². The largest absolute Gasteiger partial charge is 0.336 e. The van der Waals surface area contributed by atoms with Crippen molar-refractivity contribution < 1.29 is 12.8 Å². The third-order valence-corrected chi connectivity index (χ3v) is 5.64. The molecule has 0 amide bonds. The molecule has 1 atom stereocenters. The molecule has 0 aliphatic heterocycles. The number of aromatic nitrogens is 2. The summed E-state index contributed by atoms with van der Waals surface area (Å²) in [4.78, 5) is 4.19. The van der Waals surface area contributed by atoms with E-state index in [0.717, 1.165) is 0 Å². The SMILES string of the molecule is Cn1ccnc1C(NS(=O)(=O)c1ccccc1Cl)c1ccc(F)cc1. The number of sulfonamides is 1. The van der Waals surface area contributed by atoms with E-state index >= 15 is 0 Å². The summed E-state index contributed by atoms with van der Waals surface area (Å²) in [6.07, 6.45) is 3.27. The number of hydrogen-bond donors (Lipinski definition) is 1. The van der Waals surface area contributed by atoms with E-state index in [-0.39, 0.29) is 9.92 Å². The lowest BCUT2D eigenvalue weighted by atomic mass is 10.1. The van der Waals surface area contributed by atoms with Crippen LogP contribution in [0.4, 0.5) is 4.39 Å². The second-order valence-corrected chi connectivity index (χ2v) is 7.52. The fourth-order valence-corrected chi connectivity index (χ4v) is 4.16. The fourth-order valence-electron chi connectivity index (χ4n) is 2.46. The highest BCUT2D eigenvalue weighted by Gasteiger charge is 2.27. The smallest absolute Gasteiger partial charge is 0.243 e. The van der Waals surface area contributed by atoms with Crippen molar-refractivity contribution in [3.05, 3.63) is 83.2 Å². The van der Waals surface area contributed by atoms with E-state index in [1.807, 2.05) is 0 Å². The van der Waals surface area contributed by atoms with Gasteiger partial charge >= 0.3 is 0 Å². The second-order valence-electron chi connectivity index (χ2n) is 5.43. The molecule has 130 valence electrons. The Hall–Kier alpha value is -2.22. The Morgan fingerprint density at radius 1 is 1.16 bits per heavy atom. The van der Waals surface area contributed by atoms with Gasteiger partial charge in [0.15, 0.2) is 0 Å². The van der Waals surface area contributed by atoms with Crippen LogP contribution in [0.3, 0.4) is 0 Å². The number of nitrogens with one attached hydrogen (secondary N) is 1. The Labute approximate surface area is 150 Å². The van der Waals surface area contributed by atoms with E-state index in [2.05, 4.69) is 9.71 Å². The van der Waals surface area contributed by atoms with Gasteiger partial charge in [-0.1, -0.05) is 35.9 Å². The van der Waals surface area contributed by atoms with E-state index < -0.39 is 21.9 Å². The minimum absolute atomic E-state index is 0.0296. The molecule has 1 heterocycles. The van der Waals surface area contributed by atoms with Gasteiger partial charge < -0.3 is 4.57 Å². The highest BCUT2D eigenvalue weighted by atomic mass is 35.5. The zero-order chi connectivity index (χ0) is 18.0. The van der Waals surface area contributed by atoms with Crippen LogP contribution < -0.4 is 4.72 Å². The third-order valence-electron chi connectivity index (χ3n) is 3.72. The molecule has 0 radical (unpaired) electrons. The van der Waals surface area contributed by atoms with E-state index in [0.29, 0.717) is 11.4 Å². The van der Waals surface area contributed by atoms with Gasteiger partial charge in [0.25, 0.3) is 0 Å². The first kappa shape index (κ1) is 17.6. The first-order valence-corrected chi connectivity index (χ1v) is 9.24. The van der Waals surface area contributed by atoms with Gasteiger partial charge in [0.2, 0.25) is 10.0 Å². The van der Waals surface area contributed by atoms with Crippen molar-refractivity contribution in [3.63, 3.8) is 0 Å². The molecule has 0 bridgehead atoms. The van der Waals surface area contributed by atoms with E-state index in [1.54, 1.807) is 36.1 Å². The van der Waals surface area contributed by atoms with E-state index in [1.165, 1.54) is 36.4 Å². The molecule has 3 aromatic rings. The first-order chi connectivity index (χ1) is 11.9. The molecule has 0 aliphatic carbocycles. The Kier molecular flexibility index (Phi) is 4.89. The summed E-state index contributed by atoms with van der Waals surface area (Å²) >= 11 is 6.03. The van der Waals surface area contributed by atoms with Gasteiger partial charge in [-0.2, -0.15) is 4.72 Å². The minimum atomic E-state index is -3.92. The lowest BCUT2D eigenvalue weighted by Gasteiger charge is -2.19. The van der Waals surface area contributed by atoms with Crippen LogP contribution in [0.2, 0.25) is 5.02 Å². The number of benzene rings is 2. The molecule has 0 saturated carbocycles. The molecule has 1 N–H and O–H groups in total. The van der Waals surface area contributed by atoms with Gasteiger partial charge in [-0.05, 0) is 29.8 Å². The number of aryl methyl sites for hydroxylation is 1. The first-order valence-electron chi connectivity index (χ1n) is 7.38. The Morgan fingerprint density at radius 3 is 2.44 bits per heavy atom. The summed E-state index contributed by atoms with van der Waals surface area (Å²) in [5.74, 6) is 0.0681. The summed E-state index contributed by atoms with van der Waals surface area (Å²) in [7, 11) is -2.17. The summed E-state index contributed by atoms with van der Waals surface area (Å²) in [5, 5.41) is 0.118. The van der Waals surface area contributed by atoms with Crippen molar-refractivity contribution >= 4 is 21.6 Å². The topological polar surface area (TPSA) is 64.0 Å². The van der Waals surface area contributed by atoms with Gasteiger partial charge in [0.1, 0.15) is 22.6 Å². The molecular weight excluding hydrogens is 365 g/mol. The van der Waals surface area contributed by atoms with Gasteiger partial charge in [-0.15, -0.1) is 0 Å². The van der Waals surface area contributed by atoms with Crippen LogP contribution in [0.15, 0.2) is 65.8 Å². The van der Waals surface area contributed by atoms with Crippen molar-refractivity contribution in [2.24, 2.45) is 7.05 Å². The highest BCUT2D eigenvalue weighted by molar-refractivity contribution is 7.89. The number of nitrogens with zero attached hydrogens (tertiary/aromatic N) is 2. The highest BCUT2D eigenvalue weighted by Crippen LogP contribution is 2.26. The molecule has 5 nitrogen and oxygen atoms in total. The normalized spacial score (nSPS) is 12.9. The average molecular weight is 380 g/mol. The molecule has 25 heavy (non-hydrogen) atoms. The predicted molar refractivity (Wildman–Crippen MR) is 93.2 cm³/mol. The summed E-state index contributed by atoms with van der Waals surface area (Å²) < 4.78 is 43.2. The maximum atomic E-state index is 13.3. The number of rotatable bonds is 5. The quantitative estimate of drug-likeness (QED) is 0.739. The molecule has 0 spiro atoms. The molecular formula is C17H15ClFN3O2S. The lowest BCUT2D eigenvalue weighted by Crippen LogP contribution is -2.31. The molecule has 0 saturated heterocycles. The summed E-state index contributed by atoms with van der Waals surface area (Å²) in [6.45, 7) is 0. The van der Waals surface area contributed by atoms with Crippen molar-refractivity contribution in [1.82, 2.24) is 14.3 Å². The molecule has 0 fully saturated rings. The number of hydrogen-bond acceptors (Lipinski definition) is 3. The van der Waals surface area contributed by atoms with Crippen molar-refractivity contribution in [2.45, 2.75) is 10.9 Å². The molecule has 3 rings (SSSR count). The van der Waals surface area contributed by atoms with Gasteiger partial charge in [-0.3, -0.25) is 0 Å². The molecule has 1 unspecified atom stereocenters. The molecule has 0 aliphatic rings. The fraction of sp³-hybridized carbons (Fsp3) is 0.118. The second kappa shape index (κ2) is 6.95. The Bertz CT molecular complexity index is 987.